The molecule has 0 aromatic heterocycles. The first-order chi connectivity index (χ1) is 17.4. The van der Waals surface area contributed by atoms with Crippen LogP contribution in [0.15, 0.2) is 62.7 Å². The van der Waals surface area contributed by atoms with Gasteiger partial charge < -0.3 is 14.8 Å². The number of hydrogen-bond donors (Lipinski definition) is 2. The van der Waals surface area contributed by atoms with Gasteiger partial charge in [-0.15, -0.1) is 4.40 Å². The Kier molecular flexibility index (Phi) is 7.57. The van der Waals surface area contributed by atoms with E-state index < -0.39 is 27.6 Å². The van der Waals surface area contributed by atoms with Crippen molar-refractivity contribution in [3.8, 4) is 5.75 Å². The van der Waals surface area contributed by atoms with Gasteiger partial charge in [-0.05, 0) is 68.9 Å². The van der Waals surface area contributed by atoms with Crippen LogP contribution in [0, 0.1) is 0 Å². The minimum atomic E-state index is -3.84. The average Bonchev–Trinajstić information content (AvgIpc) is 3.23. The van der Waals surface area contributed by atoms with E-state index in [1.54, 1.807) is 69.3 Å². The third-order valence-corrected chi connectivity index (χ3v) is 7.47. The molecule has 10 nitrogen and oxygen atoms in total. The number of hydrazine groups is 1. The van der Waals surface area contributed by atoms with Crippen molar-refractivity contribution in [3.63, 3.8) is 0 Å². The Balaban J connectivity index is 1.39. The third-order valence-electron chi connectivity index (χ3n) is 4.84. The molecule has 0 radical (unpaired) electrons. The molecule has 2 N–H and O–H groups in total. The molecule has 37 heavy (non-hydrogen) atoms. The maximum Gasteiger partial charge on any atom is 0.407 e. The van der Waals surface area contributed by atoms with Crippen LogP contribution in [0.1, 0.15) is 31.9 Å². The first-order valence-electron chi connectivity index (χ1n) is 11.1. The predicted octanol–water partition coefficient (Wildman–Crippen LogP) is 3.45. The van der Waals surface area contributed by atoms with Gasteiger partial charge in [0.1, 0.15) is 22.9 Å². The van der Waals surface area contributed by atoms with Crippen molar-refractivity contribution >= 4 is 62.2 Å². The van der Waals surface area contributed by atoms with E-state index in [1.807, 2.05) is 0 Å². The molecule has 2 aliphatic heterocycles. The fourth-order valence-electron chi connectivity index (χ4n) is 3.34. The number of carbonyl (C=O) groups is 2. The molecule has 1 saturated heterocycles. The lowest BCUT2D eigenvalue weighted by molar-refractivity contribution is -0.123. The zero-order valence-electron chi connectivity index (χ0n) is 20.2. The molecule has 2 aliphatic rings. The van der Waals surface area contributed by atoms with Gasteiger partial charge in [-0.2, -0.15) is 13.4 Å². The highest BCUT2D eigenvalue weighted by Gasteiger charge is 2.36. The number of carbonyl (C=O) groups excluding carboxylic acids is 2. The summed E-state index contributed by atoms with van der Waals surface area (Å²) in [6.45, 7) is 5.83. The van der Waals surface area contributed by atoms with Crippen molar-refractivity contribution in [2.45, 2.75) is 31.3 Å². The summed E-state index contributed by atoms with van der Waals surface area (Å²) in [5, 5.41) is 3.72. The molecule has 4 rings (SSSR count). The van der Waals surface area contributed by atoms with Crippen LogP contribution >= 0.6 is 24.0 Å². The molecule has 0 spiro atoms. The molecular weight excluding hydrogens is 536 g/mol. The van der Waals surface area contributed by atoms with Crippen LogP contribution in [0.25, 0.3) is 6.08 Å². The van der Waals surface area contributed by atoms with E-state index in [2.05, 4.69) is 15.1 Å². The topological polar surface area (TPSA) is 126 Å². The zero-order valence-corrected chi connectivity index (χ0v) is 22.6. The minimum absolute atomic E-state index is 0.0311. The number of rotatable bonds is 6. The summed E-state index contributed by atoms with van der Waals surface area (Å²) in [6.07, 6.45) is 1.14. The SMILES string of the molecule is CC(C)(C)OC(=O)NCCOc1cccc(/C=C2\SC(=S)N(NC3=NS(=O)(=O)c4ccccc43)C2=O)c1. The van der Waals surface area contributed by atoms with E-state index in [0.717, 1.165) is 16.8 Å². The summed E-state index contributed by atoms with van der Waals surface area (Å²) < 4.78 is 39.4. The van der Waals surface area contributed by atoms with Gasteiger partial charge >= 0.3 is 6.09 Å². The highest BCUT2D eigenvalue weighted by Crippen LogP contribution is 2.33. The van der Waals surface area contributed by atoms with Crippen LogP contribution in [0.2, 0.25) is 0 Å². The summed E-state index contributed by atoms with van der Waals surface area (Å²) in [5.41, 5.74) is 3.24. The van der Waals surface area contributed by atoms with Gasteiger partial charge in [0.25, 0.3) is 15.9 Å². The highest BCUT2D eigenvalue weighted by molar-refractivity contribution is 8.26. The summed E-state index contributed by atoms with van der Waals surface area (Å²) >= 11 is 6.42. The number of amidine groups is 1. The second-order valence-electron chi connectivity index (χ2n) is 8.89. The Morgan fingerprint density at radius 1 is 1.19 bits per heavy atom. The Hall–Kier alpha value is -3.42. The van der Waals surface area contributed by atoms with E-state index in [4.69, 9.17) is 21.7 Å². The van der Waals surface area contributed by atoms with Crippen molar-refractivity contribution in [1.29, 1.82) is 0 Å². The van der Waals surface area contributed by atoms with Gasteiger partial charge in [0.15, 0.2) is 10.2 Å². The summed E-state index contributed by atoms with van der Waals surface area (Å²) in [4.78, 5) is 25.2. The Bertz CT molecular complexity index is 1430. The van der Waals surface area contributed by atoms with Gasteiger partial charge in [-0.25, -0.2) is 4.79 Å². The third kappa shape index (κ3) is 6.48. The molecule has 0 bridgehead atoms. The Morgan fingerprint density at radius 3 is 2.70 bits per heavy atom. The number of nitrogens with zero attached hydrogens (tertiary/aromatic N) is 2. The van der Waals surface area contributed by atoms with Gasteiger partial charge in [0.05, 0.1) is 11.4 Å². The van der Waals surface area contributed by atoms with Crippen LogP contribution < -0.4 is 15.5 Å². The number of amides is 2. The number of thioether (sulfide) groups is 1. The average molecular weight is 561 g/mol. The predicted molar refractivity (Wildman–Crippen MR) is 144 cm³/mol. The molecular formula is C24H24N4O6S3. The number of nitrogens with one attached hydrogen (secondary N) is 2. The second-order valence-corrected chi connectivity index (χ2v) is 12.1. The maximum atomic E-state index is 13.0. The normalized spacial score (nSPS) is 17.4. The van der Waals surface area contributed by atoms with Crippen molar-refractivity contribution in [3.05, 3.63) is 64.6 Å². The van der Waals surface area contributed by atoms with Crippen LogP contribution in [0.4, 0.5) is 4.79 Å². The van der Waals surface area contributed by atoms with Crippen molar-refractivity contribution < 1.29 is 27.5 Å². The Labute approximate surface area is 224 Å². The van der Waals surface area contributed by atoms with E-state index in [0.29, 0.717) is 21.8 Å². The molecule has 2 amide bonds. The molecule has 0 aliphatic carbocycles. The van der Waals surface area contributed by atoms with Crippen molar-refractivity contribution in [2.24, 2.45) is 4.40 Å². The largest absolute Gasteiger partial charge is 0.492 e. The monoisotopic (exact) mass is 560 g/mol. The number of hydrogen-bond acceptors (Lipinski definition) is 9. The number of alkyl carbamates (subject to hydrolysis) is 1. The number of sulfonamides is 1. The minimum Gasteiger partial charge on any atom is -0.492 e. The highest BCUT2D eigenvalue weighted by atomic mass is 32.2. The van der Waals surface area contributed by atoms with Crippen LogP contribution in [-0.2, 0) is 19.6 Å². The summed E-state index contributed by atoms with van der Waals surface area (Å²) in [7, 11) is -3.84. The van der Waals surface area contributed by atoms with Crippen molar-refractivity contribution in [1.82, 2.24) is 15.8 Å². The van der Waals surface area contributed by atoms with Gasteiger partial charge in [0.2, 0.25) is 0 Å². The number of thiocarbonyl (C=S) groups is 1. The summed E-state index contributed by atoms with van der Waals surface area (Å²) in [5.74, 6) is 0.145. The van der Waals surface area contributed by atoms with Crippen LogP contribution in [0.3, 0.4) is 0 Å². The lowest BCUT2D eigenvalue weighted by Gasteiger charge is -2.19. The molecule has 2 aromatic rings. The number of benzene rings is 2. The van der Waals surface area contributed by atoms with Gasteiger partial charge in [0, 0.05) is 5.56 Å². The number of ether oxygens (including phenoxy) is 2. The lowest BCUT2D eigenvalue weighted by Crippen LogP contribution is -2.44. The van der Waals surface area contributed by atoms with E-state index >= 15 is 0 Å². The fraction of sp³-hybridized carbons (Fsp3) is 0.250. The van der Waals surface area contributed by atoms with Gasteiger partial charge in [-0.3, -0.25) is 10.2 Å². The van der Waals surface area contributed by atoms with Gasteiger partial charge in [-0.1, -0.05) is 36.0 Å². The lowest BCUT2D eigenvalue weighted by atomic mass is 10.2. The van der Waals surface area contributed by atoms with E-state index in [-0.39, 0.29) is 28.2 Å². The quantitative estimate of drug-likeness (QED) is 0.310. The smallest absolute Gasteiger partial charge is 0.407 e. The summed E-state index contributed by atoms with van der Waals surface area (Å²) in [6, 6.07) is 13.4. The zero-order chi connectivity index (χ0) is 26.8. The second kappa shape index (κ2) is 10.5. The molecule has 0 atom stereocenters. The van der Waals surface area contributed by atoms with E-state index in [1.165, 1.54) is 6.07 Å². The Morgan fingerprint density at radius 2 is 1.95 bits per heavy atom. The first-order valence-corrected chi connectivity index (χ1v) is 13.8. The van der Waals surface area contributed by atoms with Crippen molar-refractivity contribution in [2.75, 3.05) is 13.2 Å². The molecule has 2 aromatic carbocycles. The molecule has 13 heteroatoms. The van der Waals surface area contributed by atoms with Crippen LogP contribution in [0.5, 0.6) is 5.75 Å². The maximum absolute atomic E-state index is 13.0. The molecule has 194 valence electrons. The molecule has 0 saturated carbocycles. The molecule has 1 fully saturated rings. The molecule has 0 unspecified atom stereocenters. The number of fused-ring (bicyclic) bond motifs is 1. The van der Waals surface area contributed by atoms with E-state index in [9.17, 15) is 18.0 Å². The standard InChI is InChI=1S/C24H24N4O6S3/c1-24(2,3)34-22(30)25-11-12-33-16-8-6-7-15(13-16)14-18-21(29)28(23(35)36-18)26-20-17-9-4-5-10-19(17)37(31,32)27-20/h4-10,13-14H,11-12H2,1-3H3,(H,25,30)(H,26,27)/b18-14-. The first kappa shape index (κ1) is 26.6. The van der Waals surface area contributed by atoms with Crippen LogP contribution in [-0.4, -0.2) is 54.3 Å². The molecule has 2 heterocycles. The fourth-order valence-corrected chi connectivity index (χ4v) is 5.69.